The molecule has 344 valence electrons. The van der Waals surface area contributed by atoms with Gasteiger partial charge in [0.05, 0.1) is 0 Å². The third kappa shape index (κ3) is 8.34. The van der Waals surface area contributed by atoms with E-state index >= 15 is 0 Å². The Morgan fingerprint density at radius 2 is 0.789 bits per heavy atom. The number of hydrogen-bond donors (Lipinski definition) is 0. The Morgan fingerprint density at radius 1 is 0.366 bits per heavy atom. The molecule has 1 aliphatic heterocycles. The fraction of sp³-hybridized carbons (Fsp3) is 0.0746. The van der Waals surface area contributed by atoms with E-state index in [0.29, 0.717) is 0 Å². The van der Waals surface area contributed by atoms with Crippen LogP contribution in [0.1, 0.15) is 12.0 Å². The minimum atomic E-state index is 0.887. The van der Waals surface area contributed by atoms with Crippen molar-refractivity contribution in [3.05, 3.63) is 261 Å². The van der Waals surface area contributed by atoms with Gasteiger partial charge < -0.3 is 19.3 Å². The topological polar surface area (TPSA) is 14.7 Å². The van der Waals surface area contributed by atoms with Gasteiger partial charge in [-0.3, -0.25) is 0 Å². The van der Waals surface area contributed by atoms with Crippen molar-refractivity contribution in [2.75, 3.05) is 28.3 Å². The highest BCUT2D eigenvalue weighted by molar-refractivity contribution is 6.21. The number of allylic oxidation sites excluding steroid dienone is 3. The number of fused-ring (bicyclic) bond motifs is 6. The van der Waals surface area contributed by atoms with Gasteiger partial charge in [-0.25, -0.2) is 0 Å². The van der Waals surface area contributed by atoms with Crippen LogP contribution in [0, 0.1) is 0 Å². The summed E-state index contributed by atoms with van der Waals surface area (Å²) in [7, 11) is 4.34. The summed E-state index contributed by atoms with van der Waals surface area (Å²) in [6.45, 7) is 6.89. The molecule has 0 unspecified atom stereocenters. The molecule has 0 fully saturated rings. The van der Waals surface area contributed by atoms with Crippen LogP contribution in [-0.4, -0.2) is 18.2 Å². The third-order valence-corrected chi connectivity index (χ3v) is 14.0. The van der Waals surface area contributed by atoms with Gasteiger partial charge >= 0.3 is 0 Å². The van der Waals surface area contributed by atoms with E-state index in [2.05, 4.69) is 289 Å². The molecule has 1 aliphatic rings. The summed E-state index contributed by atoms with van der Waals surface area (Å²) >= 11 is 0. The predicted molar refractivity (Wildman–Crippen MR) is 307 cm³/mol. The van der Waals surface area contributed by atoms with E-state index in [1.54, 1.807) is 0 Å². The molecule has 0 N–H and O–H groups in total. The second-order valence-electron chi connectivity index (χ2n) is 18.1. The molecule has 0 aliphatic carbocycles. The minimum absolute atomic E-state index is 0.887. The standard InChI is InChI=1S/C65H52N4.C2H4/c1-66-43-19-5-3-4-8-20-48-44-53(39-41-61(48)66)68(49-21-9-6-10-22-49)51-35-31-46(32-36-51)64-56-26-13-15-28-58(56)65(59-29-16-14-27-57(59)64)47-33-37-52(38-34-47)69(50-23-11-7-12-24-50)54-40-42-63-60(45-54)55-25-17-18-30-62(55)67(63)2;1-2/h4-19,21-42,44-45H,3,20,43H2,1-2H3;1-2H2/b8-4-,19-5-;. The Balaban J connectivity index is 0.00000270. The SMILES string of the molecule is C=C.CN1C/C=C\C/C=C\Cc2cc(N(c3ccccc3)c3ccc(-c4c5ccccc5c(-c5ccc(N(c6ccccc6)c6ccc7c(c6)c6ccccc6n7C)cc5)c5ccccc45)cc3)ccc21. The number of nitrogens with zero attached hydrogens (tertiary/aromatic N) is 4. The molecule has 0 bridgehead atoms. The second kappa shape index (κ2) is 19.6. The number of anilines is 7. The maximum Gasteiger partial charge on any atom is 0.0490 e. The van der Waals surface area contributed by atoms with E-state index in [1.807, 2.05) is 0 Å². The Kier molecular flexibility index (Phi) is 12.3. The van der Waals surface area contributed by atoms with Crippen molar-refractivity contribution < 1.29 is 0 Å². The zero-order valence-electron chi connectivity index (χ0n) is 40.4. The molecule has 2 heterocycles. The lowest BCUT2D eigenvalue weighted by atomic mass is 9.86. The van der Waals surface area contributed by atoms with Gasteiger partial charge in [0.25, 0.3) is 0 Å². The fourth-order valence-electron chi connectivity index (χ4n) is 10.7. The van der Waals surface area contributed by atoms with Crippen LogP contribution in [0.15, 0.2) is 256 Å². The predicted octanol–water partition coefficient (Wildman–Crippen LogP) is 18.2. The molecule has 1 aromatic heterocycles. The third-order valence-electron chi connectivity index (χ3n) is 14.0. The van der Waals surface area contributed by atoms with Crippen molar-refractivity contribution in [1.29, 1.82) is 0 Å². The number of para-hydroxylation sites is 3. The zero-order valence-corrected chi connectivity index (χ0v) is 40.4. The van der Waals surface area contributed by atoms with Crippen molar-refractivity contribution in [3.63, 3.8) is 0 Å². The van der Waals surface area contributed by atoms with Gasteiger partial charge in [-0.15, -0.1) is 13.2 Å². The molecule has 11 aromatic rings. The fourth-order valence-corrected chi connectivity index (χ4v) is 10.7. The maximum atomic E-state index is 3.00. The normalized spacial score (nSPS) is 13.4. The van der Waals surface area contributed by atoms with Gasteiger partial charge in [0.15, 0.2) is 0 Å². The summed E-state index contributed by atoms with van der Waals surface area (Å²) in [5.74, 6) is 0. The first kappa shape index (κ1) is 44.6. The van der Waals surface area contributed by atoms with Crippen molar-refractivity contribution in [2.45, 2.75) is 12.8 Å². The number of benzene rings is 10. The van der Waals surface area contributed by atoms with Crippen LogP contribution in [-0.2, 0) is 13.5 Å². The molecule has 0 spiro atoms. The average Bonchev–Trinajstić information content (AvgIpc) is 3.72. The van der Waals surface area contributed by atoms with Crippen LogP contribution in [0.4, 0.5) is 39.8 Å². The number of aromatic nitrogens is 1. The number of aryl methyl sites for hydroxylation is 1. The summed E-state index contributed by atoms with van der Waals surface area (Å²) in [6.07, 6.45) is 10.9. The molecule has 4 heteroatoms. The lowest BCUT2D eigenvalue weighted by molar-refractivity contribution is 1.00. The second-order valence-corrected chi connectivity index (χ2v) is 18.1. The number of likely N-dealkylation sites (N-methyl/N-ethyl adjacent to an activating group) is 1. The number of hydrogen-bond acceptors (Lipinski definition) is 3. The van der Waals surface area contributed by atoms with Crippen molar-refractivity contribution >= 4 is 83.2 Å². The average molecular weight is 917 g/mol. The first-order valence-electron chi connectivity index (χ1n) is 24.5. The highest BCUT2D eigenvalue weighted by Gasteiger charge is 2.21. The van der Waals surface area contributed by atoms with E-state index in [1.165, 1.54) is 76.9 Å². The van der Waals surface area contributed by atoms with Gasteiger partial charge in [-0.1, -0.05) is 152 Å². The Labute approximate surface area is 417 Å². The summed E-state index contributed by atoms with van der Waals surface area (Å²) in [5.41, 5.74) is 16.6. The van der Waals surface area contributed by atoms with E-state index < -0.39 is 0 Å². The lowest BCUT2D eigenvalue weighted by Crippen LogP contribution is -2.19. The quantitative estimate of drug-likeness (QED) is 0.111. The molecule has 0 saturated heterocycles. The van der Waals surface area contributed by atoms with Gasteiger partial charge in [0, 0.05) is 82.3 Å². The number of rotatable bonds is 8. The molecular formula is C67H56N4. The zero-order chi connectivity index (χ0) is 48.3. The first-order valence-corrected chi connectivity index (χ1v) is 24.5. The summed E-state index contributed by atoms with van der Waals surface area (Å²) < 4.78 is 2.29. The van der Waals surface area contributed by atoms with E-state index in [-0.39, 0.29) is 0 Å². The van der Waals surface area contributed by atoms with Gasteiger partial charge in [0.2, 0.25) is 0 Å². The molecule has 71 heavy (non-hydrogen) atoms. The van der Waals surface area contributed by atoms with Crippen LogP contribution in [0.5, 0.6) is 0 Å². The minimum Gasteiger partial charge on any atom is -0.371 e. The Morgan fingerprint density at radius 3 is 1.34 bits per heavy atom. The Bertz CT molecular complexity index is 3680. The van der Waals surface area contributed by atoms with Crippen LogP contribution in [0.25, 0.3) is 65.6 Å². The highest BCUT2D eigenvalue weighted by atomic mass is 15.2. The highest BCUT2D eigenvalue weighted by Crippen LogP contribution is 2.46. The van der Waals surface area contributed by atoms with Gasteiger partial charge in [0.1, 0.15) is 0 Å². The van der Waals surface area contributed by atoms with Crippen LogP contribution in [0.3, 0.4) is 0 Å². The smallest absolute Gasteiger partial charge is 0.0490 e. The molecule has 0 atom stereocenters. The van der Waals surface area contributed by atoms with Crippen LogP contribution < -0.4 is 14.7 Å². The molecule has 12 rings (SSSR count). The molecule has 0 saturated carbocycles. The van der Waals surface area contributed by atoms with E-state index in [0.717, 1.165) is 53.5 Å². The molecule has 10 aromatic carbocycles. The van der Waals surface area contributed by atoms with Crippen molar-refractivity contribution in [2.24, 2.45) is 7.05 Å². The molecule has 0 radical (unpaired) electrons. The first-order chi connectivity index (χ1) is 35.1. The van der Waals surface area contributed by atoms with E-state index in [4.69, 9.17) is 0 Å². The van der Waals surface area contributed by atoms with Crippen molar-refractivity contribution in [3.8, 4) is 22.3 Å². The summed E-state index contributed by atoms with van der Waals surface area (Å²) in [4.78, 5) is 7.10. The van der Waals surface area contributed by atoms with Gasteiger partial charge in [-0.2, -0.15) is 0 Å². The van der Waals surface area contributed by atoms with Crippen LogP contribution in [0.2, 0.25) is 0 Å². The maximum absolute atomic E-state index is 3.00. The Hall–Kier alpha value is -8.86. The molecule has 4 nitrogen and oxygen atoms in total. The summed E-state index contributed by atoms with van der Waals surface area (Å²) in [5, 5.41) is 7.45. The van der Waals surface area contributed by atoms with E-state index in [9.17, 15) is 0 Å². The molecule has 0 amide bonds. The van der Waals surface area contributed by atoms with Crippen LogP contribution >= 0.6 is 0 Å². The lowest BCUT2D eigenvalue weighted by Gasteiger charge is -2.28. The van der Waals surface area contributed by atoms with Gasteiger partial charge in [-0.05, 0) is 153 Å². The largest absolute Gasteiger partial charge is 0.371 e. The van der Waals surface area contributed by atoms with Crippen molar-refractivity contribution in [1.82, 2.24) is 4.57 Å². The summed E-state index contributed by atoms with van der Waals surface area (Å²) in [6, 6.07) is 80.2. The molecular weight excluding hydrogens is 861 g/mol. The monoisotopic (exact) mass is 916 g/mol.